The van der Waals surface area contributed by atoms with Crippen molar-refractivity contribution in [3.05, 3.63) is 515 Å². The molecule has 0 radical (unpaired) electrons. The quantitative estimate of drug-likeness (QED) is 0.152. The lowest BCUT2D eigenvalue weighted by atomic mass is 9.70. The van der Waals surface area contributed by atoms with Gasteiger partial charge in [-0.05, 0) is 230 Å². The van der Waals surface area contributed by atoms with Crippen molar-refractivity contribution in [2.24, 2.45) is 0 Å². The molecule has 0 amide bonds. The third-order valence-electron chi connectivity index (χ3n) is 30.8. The van der Waals surface area contributed by atoms with Gasteiger partial charge in [0.05, 0.1) is 45.6 Å². The maximum Gasteiger partial charge on any atom is 0.207 e. The summed E-state index contributed by atoms with van der Waals surface area (Å²) in [6.45, 7) is 4.37. The Morgan fingerprint density at radius 1 is 0.183 bits per heavy atom. The molecule has 0 saturated heterocycles. The summed E-state index contributed by atoms with van der Waals surface area (Å²) in [5.74, 6) is 0. The van der Waals surface area contributed by atoms with Crippen LogP contribution in [-0.2, 0) is 51.2 Å². The van der Waals surface area contributed by atoms with Gasteiger partial charge in [-0.25, -0.2) is 25.3 Å². The van der Waals surface area contributed by atoms with E-state index in [1.165, 1.54) is 44.5 Å². The zero-order chi connectivity index (χ0) is 92.2. The fourth-order valence-corrected chi connectivity index (χ4v) is 29.2. The molecule has 23 aromatic rings. The maximum absolute atomic E-state index is 15.0. The van der Waals surface area contributed by atoms with Crippen molar-refractivity contribution >= 4 is 95.3 Å². The second-order valence-corrected chi connectivity index (χ2v) is 43.4. The normalized spacial score (nSPS) is 15.5. The number of sulfone groups is 3. The van der Waals surface area contributed by atoms with Gasteiger partial charge in [0.2, 0.25) is 29.5 Å². The molecule has 2 atom stereocenters. The minimum absolute atomic E-state index is 0. The Morgan fingerprint density at radius 2 is 0.472 bits per heavy atom. The molecule has 142 heavy (non-hydrogen) atoms. The molecule has 30 rings (SSSR count). The number of furan rings is 3. The van der Waals surface area contributed by atoms with Crippen LogP contribution in [0.1, 0.15) is 121 Å². The van der Waals surface area contributed by atoms with Crippen LogP contribution in [0, 0.1) is 0 Å². The van der Waals surface area contributed by atoms with Crippen LogP contribution in [0.3, 0.4) is 0 Å². The largest absolute Gasteiger partial charge is 0.455 e. The predicted molar refractivity (Wildman–Crippen MR) is 576 cm³/mol. The Morgan fingerprint density at radius 3 is 0.937 bits per heavy atom. The van der Waals surface area contributed by atoms with Gasteiger partial charge in [0.25, 0.3) is 0 Å². The van der Waals surface area contributed by atoms with Gasteiger partial charge < -0.3 is 13.3 Å². The van der Waals surface area contributed by atoms with Crippen molar-refractivity contribution in [3.8, 4) is 89.0 Å². The van der Waals surface area contributed by atoms with Crippen molar-refractivity contribution in [2.45, 2.75) is 94.6 Å². The highest BCUT2D eigenvalue weighted by Crippen LogP contribution is 2.69. The zero-order valence-electron chi connectivity index (χ0n) is 74.5. The molecule has 12 heteroatoms. The summed E-state index contributed by atoms with van der Waals surface area (Å²) in [5, 5.41) is 6.04. The fourth-order valence-electron chi connectivity index (χ4n) is 25.1. The summed E-state index contributed by atoms with van der Waals surface area (Å²) in [4.78, 5) is 1.76. The van der Waals surface area contributed by atoms with E-state index >= 15 is 8.42 Å². The minimum atomic E-state index is -3.94. The van der Waals surface area contributed by atoms with E-state index in [1.807, 2.05) is 127 Å². The Labute approximate surface area is 825 Å². The average Bonchev–Trinajstić information content (AvgIpc) is 1.49. The van der Waals surface area contributed by atoms with E-state index in [2.05, 4.69) is 250 Å². The van der Waals surface area contributed by atoms with Gasteiger partial charge >= 0.3 is 0 Å². The van der Waals surface area contributed by atoms with Crippen LogP contribution >= 0.6 is 0 Å². The van der Waals surface area contributed by atoms with E-state index in [0.717, 1.165) is 183 Å². The van der Waals surface area contributed by atoms with Crippen molar-refractivity contribution in [2.75, 3.05) is 0 Å². The Bertz CT molecular complexity index is 9660. The molecule has 7 aliphatic carbocycles. The van der Waals surface area contributed by atoms with Gasteiger partial charge in [0.1, 0.15) is 33.5 Å². The number of hydrogen-bond donors (Lipinski definition) is 0. The number of fused-ring (bicyclic) bond motifs is 45. The molecule has 3 heterocycles. The second kappa shape index (κ2) is 31.8. The van der Waals surface area contributed by atoms with Crippen LogP contribution in [0.25, 0.3) is 155 Å². The molecule has 0 bridgehead atoms. The van der Waals surface area contributed by atoms with Crippen LogP contribution in [-0.4, -0.2) is 25.3 Å². The topological polar surface area (TPSA) is 142 Å². The predicted octanol–water partition coefficient (Wildman–Crippen LogP) is 32.8. The molecule has 9 nitrogen and oxygen atoms in total. The van der Waals surface area contributed by atoms with Gasteiger partial charge in [-0.15, -0.1) is 0 Å². The first kappa shape index (κ1) is 88.4. The molecule has 0 N–H and O–H groups in total. The molecule has 7 aliphatic rings. The first-order chi connectivity index (χ1) is 67.5. The number of hydrogen-bond acceptors (Lipinski definition) is 9. The fraction of sp³-hybridized carbons (Fsp3) is 0.0769. The highest BCUT2D eigenvalue weighted by molar-refractivity contribution is 7.92. The summed E-state index contributed by atoms with van der Waals surface area (Å²) in [5.41, 5.74) is 36.0. The summed E-state index contributed by atoms with van der Waals surface area (Å²) in [6, 6.07) is 146. The van der Waals surface area contributed by atoms with Gasteiger partial charge in [-0.3, -0.25) is 0 Å². The molecule has 3 spiro atoms. The molecule has 20 aromatic carbocycles. The zero-order valence-corrected chi connectivity index (χ0v) is 76.9. The number of benzene rings is 20. The minimum Gasteiger partial charge on any atom is -0.455 e. The molecule has 2 unspecified atom stereocenters. The van der Waals surface area contributed by atoms with E-state index in [1.54, 1.807) is 72.8 Å². The summed E-state index contributed by atoms with van der Waals surface area (Å²) < 4.78 is 105. The van der Waals surface area contributed by atoms with Crippen LogP contribution in [0.2, 0.25) is 0 Å². The lowest BCUT2D eigenvalue weighted by Gasteiger charge is -2.30. The van der Waals surface area contributed by atoms with Crippen molar-refractivity contribution in [1.29, 1.82) is 0 Å². The third kappa shape index (κ3) is 11.6. The summed E-state index contributed by atoms with van der Waals surface area (Å²) >= 11 is 0. The van der Waals surface area contributed by atoms with Gasteiger partial charge in [0.15, 0.2) is 0 Å². The Hall–Kier alpha value is -16.4. The SMILES string of the molecule is C.C.C.C.CC1(C)c2ccccc2-c2ccc(S(=O)(=O)c3cccc4c3-c3ccccc3C43c4ccccc4-c4c3ccc3c4oc4ccccc43)cc21.O=S(=O)(c1ccc(-c2ccccc2)cc1)c1ccc2c(c1)C1(c3ccccc3-2)c2ccccc2-c2c1ccc1c2oc2ccccc21.O=S(=O)(c1ccccc1)c1ccc2oc3c4c(ccc3c2c1)C1(c2ccccc2-c2ccccc21)c1ccccc1-4. The third-order valence-corrected chi connectivity index (χ3v) is 36.1. The molecule has 3 aromatic heterocycles. The second-order valence-electron chi connectivity index (χ2n) is 37.6. The monoisotopic (exact) mass is 1890 g/mol. The Balaban J connectivity index is 0.000000114. The molecule has 0 aliphatic heterocycles. The highest BCUT2D eigenvalue weighted by atomic mass is 32.2. The van der Waals surface area contributed by atoms with Gasteiger partial charge in [0, 0.05) is 60.0 Å². The number of para-hydroxylation sites is 2. The van der Waals surface area contributed by atoms with Gasteiger partial charge in [-0.2, -0.15) is 0 Å². The first-order valence-corrected chi connectivity index (χ1v) is 51.0. The lowest BCUT2D eigenvalue weighted by molar-refractivity contribution is 0.593. The Kier molecular flexibility index (Phi) is 19.8. The number of rotatable bonds is 7. The maximum atomic E-state index is 15.0. The smallest absolute Gasteiger partial charge is 0.207 e. The van der Waals surface area contributed by atoms with E-state index in [0.29, 0.717) is 15.4 Å². The first-order valence-electron chi connectivity index (χ1n) is 46.6. The highest BCUT2D eigenvalue weighted by Gasteiger charge is 2.57. The summed E-state index contributed by atoms with van der Waals surface area (Å²) in [6.07, 6.45) is 0. The van der Waals surface area contributed by atoms with Crippen LogP contribution in [0.15, 0.2) is 479 Å². The van der Waals surface area contributed by atoms with Crippen LogP contribution in [0.4, 0.5) is 0 Å². The van der Waals surface area contributed by atoms with E-state index < -0.39 is 45.8 Å². The molecule has 686 valence electrons. The van der Waals surface area contributed by atoms with Crippen LogP contribution < -0.4 is 0 Å². The van der Waals surface area contributed by atoms with E-state index in [9.17, 15) is 16.8 Å². The molecular formula is C130H94O9S3. The van der Waals surface area contributed by atoms with Gasteiger partial charge in [-0.1, -0.05) is 395 Å². The average molecular weight is 1900 g/mol. The molecular weight excluding hydrogens is 1800 g/mol. The van der Waals surface area contributed by atoms with Crippen LogP contribution in [0.5, 0.6) is 0 Å². The van der Waals surface area contributed by atoms with Crippen molar-refractivity contribution < 1.29 is 38.5 Å². The van der Waals surface area contributed by atoms with E-state index in [-0.39, 0.29) is 54.7 Å². The lowest BCUT2D eigenvalue weighted by Crippen LogP contribution is -2.26. The van der Waals surface area contributed by atoms with Crippen molar-refractivity contribution in [1.82, 2.24) is 0 Å². The van der Waals surface area contributed by atoms with Crippen molar-refractivity contribution in [3.63, 3.8) is 0 Å². The summed E-state index contributed by atoms with van der Waals surface area (Å²) in [7, 11) is -11.4. The standard InChI is InChI=1S/C46H30O3S.C43H26O3S.C37H22O3S.4CH4/c1-45(2)34-16-7-3-12-28(34)29-23-22-27(26-39(29)45)50(47,48)41-21-11-19-37-42(41)32-14-4-8-17-35(32)46(37)36-18-9-5-15-33(36)43-38(46)25-24-31-30-13-6-10-20-40(30)49-44(31)43;44-47(45,29-20-18-28(19-21-29)27-10-2-1-3-11-27)30-22-23-32-31-12-4-7-15-36(31)43(39(32)26-30)37-16-8-5-14-35(37)41-38(43)25-24-34-33-13-6-9-17-40(33)46-42(34)41;38-41(39,23-10-2-1-3-11-23)24-18-21-34-29(22-24)27-19-20-33-35(36(27)40-34)28-14-6-9-17-32(28)37(33)30-15-7-4-12-25(30)26-13-5-8-16-31(26)37;;;;/h3-26H,1-2H3;1-26H;1-22H;4*1H4. The molecule has 0 fully saturated rings. The van der Waals surface area contributed by atoms with E-state index in [4.69, 9.17) is 13.3 Å². The molecule has 0 saturated carbocycles.